The van der Waals surface area contributed by atoms with Gasteiger partial charge in [0.2, 0.25) is 0 Å². The highest BCUT2D eigenvalue weighted by molar-refractivity contribution is 5.72. The van der Waals surface area contributed by atoms with E-state index in [9.17, 15) is 9.59 Å². The van der Waals surface area contributed by atoms with Crippen LogP contribution in [0.1, 0.15) is 49.8 Å². The van der Waals surface area contributed by atoms with Gasteiger partial charge in [0.05, 0.1) is 12.0 Å². The van der Waals surface area contributed by atoms with Crippen LogP contribution >= 0.6 is 0 Å². The summed E-state index contributed by atoms with van der Waals surface area (Å²) in [4.78, 5) is 31.2. The second kappa shape index (κ2) is 7.13. The Hall–Kier alpha value is -3.41. The van der Waals surface area contributed by atoms with Gasteiger partial charge in [-0.3, -0.25) is 9.36 Å². The van der Waals surface area contributed by atoms with Gasteiger partial charge in [0.15, 0.2) is 11.2 Å². The standard InChI is InChI=1S/C24H24N4O2/c1-16(2)18-8-10-19(11-9-18)27-22-21(23(29)28(24(27)30)20-12-13-20)26(15-25-22)14-17-6-4-3-5-7-17/h3-11,15-16,20H,12-14H2,1-2H3. The number of rotatable bonds is 5. The molecule has 1 fully saturated rings. The molecule has 6 nitrogen and oxygen atoms in total. The van der Waals surface area contributed by atoms with Gasteiger partial charge < -0.3 is 4.57 Å². The van der Waals surface area contributed by atoms with Gasteiger partial charge in [-0.25, -0.2) is 14.3 Å². The molecule has 30 heavy (non-hydrogen) atoms. The summed E-state index contributed by atoms with van der Waals surface area (Å²) >= 11 is 0. The van der Waals surface area contributed by atoms with Gasteiger partial charge in [-0.15, -0.1) is 0 Å². The summed E-state index contributed by atoms with van der Waals surface area (Å²) in [5.74, 6) is 0.404. The summed E-state index contributed by atoms with van der Waals surface area (Å²) < 4.78 is 4.85. The number of fused-ring (bicyclic) bond motifs is 1. The highest BCUT2D eigenvalue weighted by Gasteiger charge is 2.30. The predicted molar refractivity (Wildman–Crippen MR) is 117 cm³/mol. The molecule has 0 amide bonds. The fourth-order valence-electron chi connectivity index (χ4n) is 3.95. The van der Waals surface area contributed by atoms with Crippen LogP contribution in [0.25, 0.3) is 16.9 Å². The Labute approximate surface area is 174 Å². The predicted octanol–water partition coefficient (Wildman–Crippen LogP) is 3.86. The van der Waals surface area contributed by atoms with E-state index in [4.69, 9.17) is 0 Å². The van der Waals surface area contributed by atoms with Crippen LogP contribution in [-0.2, 0) is 6.54 Å². The van der Waals surface area contributed by atoms with E-state index in [-0.39, 0.29) is 17.3 Å². The summed E-state index contributed by atoms with van der Waals surface area (Å²) in [5, 5.41) is 0. The van der Waals surface area contributed by atoms with Crippen molar-refractivity contribution in [1.29, 1.82) is 0 Å². The molecule has 152 valence electrons. The Balaban J connectivity index is 1.74. The third kappa shape index (κ3) is 3.09. The minimum absolute atomic E-state index is 0.0179. The molecule has 6 heteroatoms. The van der Waals surface area contributed by atoms with E-state index < -0.39 is 0 Å². The Morgan fingerprint density at radius 2 is 1.70 bits per heavy atom. The zero-order valence-electron chi connectivity index (χ0n) is 17.2. The molecule has 1 aliphatic rings. The average Bonchev–Trinajstić information content (AvgIpc) is 3.49. The highest BCUT2D eigenvalue weighted by Crippen LogP contribution is 2.32. The molecule has 0 bridgehead atoms. The van der Waals surface area contributed by atoms with E-state index in [1.165, 1.54) is 10.1 Å². The average molecular weight is 400 g/mol. The second-order valence-electron chi connectivity index (χ2n) is 8.30. The van der Waals surface area contributed by atoms with Crippen LogP contribution < -0.4 is 11.2 Å². The van der Waals surface area contributed by atoms with Gasteiger partial charge in [-0.05, 0) is 42.0 Å². The molecule has 1 saturated carbocycles. The molecule has 2 aromatic carbocycles. The van der Waals surface area contributed by atoms with Gasteiger partial charge in [-0.1, -0.05) is 56.3 Å². The maximum Gasteiger partial charge on any atom is 0.337 e. The quantitative estimate of drug-likeness (QED) is 0.511. The molecule has 0 atom stereocenters. The van der Waals surface area contributed by atoms with Crippen molar-refractivity contribution in [3.63, 3.8) is 0 Å². The Morgan fingerprint density at radius 3 is 2.33 bits per heavy atom. The minimum atomic E-state index is -0.308. The molecule has 0 spiro atoms. The molecule has 0 unspecified atom stereocenters. The first-order valence-corrected chi connectivity index (χ1v) is 10.4. The van der Waals surface area contributed by atoms with E-state index in [1.54, 1.807) is 10.9 Å². The van der Waals surface area contributed by atoms with Crippen molar-refractivity contribution >= 4 is 11.2 Å². The topological polar surface area (TPSA) is 61.8 Å². The highest BCUT2D eigenvalue weighted by atomic mass is 16.2. The molecule has 5 rings (SSSR count). The molecule has 4 aromatic rings. The van der Waals surface area contributed by atoms with Gasteiger partial charge >= 0.3 is 5.69 Å². The van der Waals surface area contributed by atoms with Crippen LogP contribution in [0.2, 0.25) is 0 Å². The maximum absolute atomic E-state index is 13.3. The second-order valence-corrected chi connectivity index (χ2v) is 8.30. The third-order valence-corrected chi connectivity index (χ3v) is 5.77. The van der Waals surface area contributed by atoms with Crippen LogP contribution in [0.5, 0.6) is 0 Å². The lowest BCUT2D eigenvalue weighted by Crippen LogP contribution is -2.39. The van der Waals surface area contributed by atoms with Crippen LogP contribution in [-0.4, -0.2) is 18.7 Å². The first kappa shape index (κ1) is 18.6. The van der Waals surface area contributed by atoms with Crippen molar-refractivity contribution in [3.8, 4) is 5.69 Å². The minimum Gasteiger partial charge on any atom is -0.320 e. The number of imidazole rings is 1. The van der Waals surface area contributed by atoms with E-state index in [2.05, 4.69) is 18.8 Å². The van der Waals surface area contributed by atoms with Gasteiger partial charge in [0.1, 0.15) is 0 Å². The Kier molecular flexibility index (Phi) is 4.42. The van der Waals surface area contributed by atoms with Crippen molar-refractivity contribution < 1.29 is 0 Å². The fourth-order valence-corrected chi connectivity index (χ4v) is 3.95. The van der Waals surface area contributed by atoms with E-state index in [1.807, 2.05) is 59.2 Å². The number of nitrogens with zero attached hydrogens (tertiary/aromatic N) is 4. The lowest BCUT2D eigenvalue weighted by molar-refractivity contribution is 0.639. The molecule has 2 heterocycles. The van der Waals surface area contributed by atoms with E-state index in [0.29, 0.717) is 23.6 Å². The normalized spacial score (nSPS) is 14.0. The smallest absolute Gasteiger partial charge is 0.320 e. The summed E-state index contributed by atoms with van der Waals surface area (Å²) in [7, 11) is 0. The van der Waals surface area contributed by atoms with E-state index in [0.717, 1.165) is 24.1 Å². The van der Waals surface area contributed by atoms with Crippen molar-refractivity contribution in [2.24, 2.45) is 0 Å². The van der Waals surface area contributed by atoms with E-state index >= 15 is 0 Å². The largest absolute Gasteiger partial charge is 0.337 e. The van der Waals surface area contributed by atoms with Crippen molar-refractivity contribution in [3.05, 3.63) is 92.9 Å². The first-order valence-electron chi connectivity index (χ1n) is 10.4. The number of benzene rings is 2. The summed E-state index contributed by atoms with van der Waals surface area (Å²) in [6.07, 6.45) is 3.38. The summed E-state index contributed by atoms with van der Waals surface area (Å²) in [6, 6.07) is 17.9. The van der Waals surface area contributed by atoms with Crippen LogP contribution in [0.3, 0.4) is 0 Å². The maximum atomic E-state index is 13.3. The molecule has 0 radical (unpaired) electrons. The molecular weight excluding hydrogens is 376 g/mol. The SMILES string of the molecule is CC(C)c1ccc(-n2c(=O)n(C3CC3)c(=O)c3c2ncn3Cc2ccccc2)cc1. The zero-order chi connectivity index (χ0) is 20.8. The summed E-state index contributed by atoms with van der Waals surface area (Å²) in [5.41, 5.74) is 3.33. The number of hydrogen-bond acceptors (Lipinski definition) is 3. The monoisotopic (exact) mass is 400 g/mol. The molecule has 1 aliphatic carbocycles. The lowest BCUT2D eigenvalue weighted by Gasteiger charge is -2.13. The van der Waals surface area contributed by atoms with Gasteiger partial charge in [0.25, 0.3) is 5.56 Å². The molecular formula is C24H24N4O2. The fraction of sp³-hybridized carbons (Fsp3) is 0.292. The van der Waals surface area contributed by atoms with Crippen molar-refractivity contribution in [1.82, 2.24) is 18.7 Å². The van der Waals surface area contributed by atoms with Crippen LogP contribution in [0.15, 0.2) is 70.5 Å². The number of aromatic nitrogens is 4. The van der Waals surface area contributed by atoms with Crippen molar-refractivity contribution in [2.45, 2.75) is 45.2 Å². The zero-order valence-corrected chi connectivity index (χ0v) is 17.2. The van der Waals surface area contributed by atoms with Crippen LogP contribution in [0, 0.1) is 0 Å². The molecule has 0 N–H and O–H groups in total. The number of hydrogen-bond donors (Lipinski definition) is 0. The lowest BCUT2D eigenvalue weighted by atomic mass is 10.0. The van der Waals surface area contributed by atoms with Crippen molar-refractivity contribution in [2.75, 3.05) is 0 Å². The molecule has 0 aliphatic heterocycles. The molecule has 2 aromatic heterocycles. The third-order valence-electron chi connectivity index (χ3n) is 5.77. The Morgan fingerprint density at radius 1 is 1.00 bits per heavy atom. The Bertz CT molecular complexity index is 1320. The summed E-state index contributed by atoms with van der Waals surface area (Å²) in [6.45, 7) is 4.80. The van der Waals surface area contributed by atoms with Crippen LogP contribution in [0.4, 0.5) is 0 Å². The van der Waals surface area contributed by atoms with Gasteiger partial charge in [-0.2, -0.15) is 0 Å². The molecule has 0 saturated heterocycles. The van der Waals surface area contributed by atoms with Gasteiger partial charge in [0, 0.05) is 12.6 Å². The first-order chi connectivity index (χ1) is 14.5.